The normalized spacial score (nSPS) is 24.8. The Morgan fingerprint density at radius 3 is 2.94 bits per heavy atom. The monoisotopic (exact) mass is 266 g/mol. The van der Waals surface area contributed by atoms with E-state index < -0.39 is 5.41 Å². The van der Waals surface area contributed by atoms with Crippen molar-refractivity contribution in [2.75, 3.05) is 13.1 Å². The van der Waals surface area contributed by atoms with E-state index in [0.717, 1.165) is 24.4 Å². The van der Waals surface area contributed by atoms with Crippen LogP contribution in [0, 0.1) is 5.92 Å². The number of carbonyl (C=O) groups excluding carboxylic acids is 1. The van der Waals surface area contributed by atoms with Gasteiger partial charge in [0.05, 0.1) is 5.41 Å². The highest BCUT2D eigenvalue weighted by molar-refractivity contribution is 7.10. The molecule has 0 radical (unpaired) electrons. The van der Waals surface area contributed by atoms with E-state index in [1.165, 1.54) is 0 Å². The molecule has 2 atom stereocenters. The average molecular weight is 266 g/mol. The van der Waals surface area contributed by atoms with E-state index in [0.29, 0.717) is 5.92 Å². The number of rotatable bonds is 3. The summed E-state index contributed by atoms with van der Waals surface area (Å²) >= 11 is 1.64. The van der Waals surface area contributed by atoms with Crippen LogP contribution in [0.3, 0.4) is 0 Å². The molecule has 0 aliphatic carbocycles. The van der Waals surface area contributed by atoms with Gasteiger partial charge in [-0.1, -0.05) is 13.0 Å². The van der Waals surface area contributed by atoms with Crippen molar-refractivity contribution in [3.05, 3.63) is 22.4 Å². The van der Waals surface area contributed by atoms with Crippen molar-refractivity contribution in [1.29, 1.82) is 0 Å². The Morgan fingerprint density at radius 2 is 2.33 bits per heavy atom. The number of hydrogen-bond donors (Lipinski definition) is 2. The Kier molecular flexibility index (Phi) is 4.07. The molecule has 2 N–H and O–H groups in total. The van der Waals surface area contributed by atoms with Crippen molar-refractivity contribution < 1.29 is 4.79 Å². The van der Waals surface area contributed by atoms with Gasteiger partial charge in [-0.15, -0.1) is 11.3 Å². The molecule has 1 fully saturated rings. The van der Waals surface area contributed by atoms with E-state index in [9.17, 15) is 4.79 Å². The number of carbonyl (C=O) groups is 1. The first-order chi connectivity index (χ1) is 8.51. The second-order valence-electron chi connectivity index (χ2n) is 5.65. The Bertz CT molecular complexity index is 400. The van der Waals surface area contributed by atoms with Crippen LogP contribution in [-0.2, 0) is 10.2 Å². The fraction of sp³-hybridized carbons (Fsp3) is 0.643. The predicted molar refractivity (Wildman–Crippen MR) is 75.9 cm³/mol. The van der Waals surface area contributed by atoms with Gasteiger partial charge in [-0.3, -0.25) is 4.79 Å². The van der Waals surface area contributed by atoms with Gasteiger partial charge in [0.1, 0.15) is 0 Å². The molecule has 100 valence electrons. The lowest BCUT2D eigenvalue weighted by molar-refractivity contribution is -0.126. The first kappa shape index (κ1) is 13.6. The van der Waals surface area contributed by atoms with Gasteiger partial charge < -0.3 is 10.6 Å². The maximum atomic E-state index is 12.4. The summed E-state index contributed by atoms with van der Waals surface area (Å²) in [6, 6.07) is 4.29. The summed E-state index contributed by atoms with van der Waals surface area (Å²) in [5.41, 5.74) is -0.439. The second-order valence-corrected chi connectivity index (χ2v) is 6.60. The standard InChI is InChI=1S/C14H22N2OS/c1-10-6-7-15-9-11(10)16-13(17)14(2,3)12-5-4-8-18-12/h4-5,8,10-11,15H,6-7,9H2,1-3H3,(H,16,17). The Labute approximate surface area is 113 Å². The highest BCUT2D eigenvalue weighted by Crippen LogP contribution is 2.28. The predicted octanol–water partition coefficient (Wildman–Crippen LogP) is 2.14. The van der Waals surface area contributed by atoms with Crippen molar-refractivity contribution in [3.63, 3.8) is 0 Å². The quantitative estimate of drug-likeness (QED) is 0.880. The van der Waals surface area contributed by atoms with Gasteiger partial charge in [-0.05, 0) is 44.2 Å². The molecule has 2 rings (SSSR count). The number of hydrogen-bond acceptors (Lipinski definition) is 3. The van der Waals surface area contributed by atoms with Crippen LogP contribution in [0.25, 0.3) is 0 Å². The van der Waals surface area contributed by atoms with Crippen LogP contribution in [0.4, 0.5) is 0 Å². The number of piperidine rings is 1. The van der Waals surface area contributed by atoms with Crippen LogP contribution >= 0.6 is 11.3 Å². The molecule has 1 amide bonds. The van der Waals surface area contributed by atoms with Gasteiger partial charge in [-0.2, -0.15) is 0 Å². The summed E-state index contributed by atoms with van der Waals surface area (Å²) in [6.07, 6.45) is 1.13. The third kappa shape index (κ3) is 2.75. The summed E-state index contributed by atoms with van der Waals surface area (Å²) in [4.78, 5) is 13.6. The van der Waals surface area contributed by atoms with Crippen LogP contribution in [0.2, 0.25) is 0 Å². The SMILES string of the molecule is CC1CCNCC1NC(=O)C(C)(C)c1cccs1. The summed E-state index contributed by atoms with van der Waals surface area (Å²) < 4.78 is 0. The first-order valence-electron chi connectivity index (χ1n) is 6.57. The highest BCUT2D eigenvalue weighted by atomic mass is 32.1. The molecule has 1 aromatic heterocycles. The molecule has 2 heterocycles. The van der Waals surface area contributed by atoms with Crippen molar-refractivity contribution in [2.45, 2.75) is 38.6 Å². The molecular weight excluding hydrogens is 244 g/mol. The zero-order chi connectivity index (χ0) is 13.2. The lowest BCUT2D eigenvalue weighted by atomic mass is 9.88. The maximum absolute atomic E-state index is 12.4. The summed E-state index contributed by atoms with van der Waals surface area (Å²) in [5, 5.41) is 8.57. The molecule has 0 spiro atoms. The third-order valence-electron chi connectivity index (χ3n) is 3.85. The summed E-state index contributed by atoms with van der Waals surface area (Å²) in [6.45, 7) is 8.14. The molecule has 0 aromatic carbocycles. The van der Waals surface area contributed by atoms with Crippen molar-refractivity contribution >= 4 is 17.2 Å². The molecule has 1 aliphatic rings. The Hall–Kier alpha value is -0.870. The molecule has 1 saturated heterocycles. The van der Waals surface area contributed by atoms with Crippen molar-refractivity contribution in [3.8, 4) is 0 Å². The van der Waals surface area contributed by atoms with E-state index >= 15 is 0 Å². The molecular formula is C14H22N2OS. The first-order valence-corrected chi connectivity index (χ1v) is 7.45. The number of amides is 1. The minimum absolute atomic E-state index is 0.130. The lowest BCUT2D eigenvalue weighted by Crippen LogP contribution is -2.53. The molecule has 3 nitrogen and oxygen atoms in total. The zero-order valence-electron chi connectivity index (χ0n) is 11.3. The lowest BCUT2D eigenvalue weighted by Gasteiger charge is -2.33. The summed E-state index contributed by atoms with van der Waals surface area (Å²) in [7, 11) is 0. The van der Waals surface area contributed by atoms with E-state index in [1.807, 2.05) is 31.4 Å². The van der Waals surface area contributed by atoms with Crippen LogP contribution in [0.1, 0.15) is 32.1 Å². The fourth-order valence-corrected chi connectivity index (χ4v) is 3.13. The number of nitrogens with one attached hydrogen (secondary N) is 2. The van der Waals surface area contributed by atoms with E-state index in [-0.39, 0.29) is 11.9 Å². The molecule has 0 saturated carbocycles. The Morgan fingerprint density at radius 1 is 1.56 bits per heavy atom. The average Bonchev–Trinajstić information content (AvgIpc) is 2.86. The van der Waals surface area contributed by atoms with Gasteiger partial charge in [0, 0.05) is 17.5 Å². The molecule has 18 heavy (non-hydrogen) atoms. The zero-order valence-corrected chi connectivity index (χ0v) is 12.1. The van der Waals surface area contributed by atoms with Gasteiger partial charge in [0.15, 0.2) is 0 Å². The van der Waals surface area contributed by atoms with Gasteiger partial charge in [0.25, 0.3) is 0 Å². The minimum atomic E-state index is -0.439. The fourth-order valence-electron chi connectivity index (χ4n) is 2.28. The topological polar surface area (TPSA) is 41.1 Å². The van der Waals surface area contributed by atoms with E-state index in [2.05, 4.69) is 17.6 Å². The Balaban J connectivity index is 2.03. The van der Waals surface area contributed by atoms with Gasteiger partial charge >= 0.3 is 0 Å². The van der Waals surface area contributed by atoms with Crippen LogP contribution in [0.15, 0.2) is 17.5 Å². The van der Waals surface area contributed by atoms with Crippen molar-refractivity contribution in [1.82, 2.24) is 10.6 Å². The van der Waals surface area contributed by atoms with Crippen LogP contribution in [0.5, 0.6) is 0 Å². The van der Waals surface area contributed by atoms with Gasteiger partial charge in [0.2, 0.25) is 5.91 Å². The smallest absolute Gasteiger partial charge is 0.231 e. The van der Waals surface area contributed by atoms with E-state index in [4.69, 9.17) is 0 Å². The highest BCUT2D eigenvalue weighted by Gasteiger charge is 2.33. The van der Waals surface area contributed by atoms with Crippen molar-refractivity contribution in [2.24, 2.45) is 5.92 Å². The third-order valence-corrected chi connectivity index (χ3v) is 5.04. The van der Waals surface area contributed by atoms with Crippen LogP contribution in [-0.4, -0.2) is 25.0 Å². The molecule has 2 unspecified atom stereocenters. The number of thiophene rings is 1. The molecule has 4 heteroatoms. The maximum Gasteiger partial charge on any atom is 0.231 e. The van der Waals surface area contributed by atoms with E-state index in [1.54, 1.807) is 11.3 Å². The largest absolute Gasteiger partial charge is 0.351 e. The molecule has 0 bridgehead atoms. The molecule has 1 aliphatic heterocycles. The summed E-state index contributed by atoms with van der Waals surface area (Å²) in [5.74, 6) is 0.680. The molecule has 1 aromatic rings. The second kappa shape index (κ2) is 5.41. The van der Waals surface area contributed by atoms with Gasteiger partial charge in [-0.25, -0.2) is 0 Å². The minimum Gasteiger partial charge on any atom is -0.351 e. The van der Waals surface area contributed by atoms with Crippen LogP contribution < -0.4 is 10.6 Å².